The molecule has 2 aromatic carbocycles. The number of amides is 2. The molecule has 1 N–H and O–H groups in total. The van der Waals surface area contributed by atoms with E-state index in [0.29, 0.717) is 12.5 Å². The molecule has 1 saturated heterocycles. The Kier molecular flexibility index (Phi) is 10.5. The van der Waals surface area contributed by atoms with Gasteiger partial charge in [0, 0.05) is 33.1 Å². The molecule has 1 atom stereocenters. The minimum absolute atomic E-state index is 0.0269. The first-order valence-corrected chi connectivity index (χ1v) is 15.3. The quantitative estimate of drug-likeness (QED) is 0.432. The molecule has 0 saturated carbocycles. The van der Waals surface area contributed by atoms with Gasteiger partial charge in [-0.25, -0.2) is 8.42 Å². The summed E-state index contributed by atoms with van der Waals surface area (Å²) < 4.78 is 28.4. The Balaban J connectivity index is 1.76. The second-order valence-electron chi connectivity index (χ2n) is 10.6. The van der Waals surface area contributed by atoms with Crippen LogP contribution in [0.5, 0.6) is 0 Å². The van der Waals surface area contributed by atoms with Gasteiger partial charge in [0.25, 0.3) is 0 Å². The maximum Gasteiger partial charge on any atom is 0.243 e. The molecule has 1 aliphatic heterocycles. The molecule has 2 aromatic rings. The Morgan fingerprint density at radius 1 is 0.921 bits per heavy atom. The van der Waals surface area contributed by atoms with Crippen molar-refractivity contribution in [1.82, 2.24) is 14.5 Å². The van der Waals surface area contributed by atoms with Gasteiger partial charge in [-0.1, -0.05) is 76.9 Å². The normalized spacial score (nSPS) is 16.7. The highest BCUT2D eigenvalue weighted by Gasteiger charge is 2.40. The van der Waals surface area contributed by atoms with Crippen molar-refractivity contribution in [2.45, 2.75) is 89.6 Å². The van der Waals surface area contributed by atoms with E-state index in [1.807, 2.05) is 38.1 Å². The summed E-state index contributed by atoms with van der Waals surface area (Å²) in [4.78, 5) is 27.1. The average Bonchev–Trinajstić information content (AvgIpc) is 2.91. The van der Waals surface area contributed by atoms with Crippen molar-refractivity contribution >= 4 is 21.8 Å². The summed E-state index contributed by atoms with van der Waals surface area (Å²) >= 11 is 0. The third kappa shape index (κ3) is 7.23. The van der Waals surface area contributed by atoms with Gasteiger partial charge < -0.3 is 10.2 Å². The van der Waals surface area contributed by atoms with Crippen molar-refractivity contribution in [3.8, 4) is 0 Å². The minimum atomic E-state index is -3.92. The van der Waals surface area contributed by atoms with Crippen LogP contribution in [0.15, 0.2) is 53.4 Å². The van der Waals surface area contributed by atoms with Gasteiger partial charge in [-0.15, -0.1) is 0 Å². The van der Waals surface area contributed by atoms with Gasteiger partial charge in [0.05, 0.1) is 4.90 Å². The number of sulfonamides is 1. The lowest BCUT2D eigenvalue weighted by atomic mass is 9.90. The highest BCUT2D eigenvalue weighted by Crippen LogP contribution is 2.27. The first-order chi connectivity index (χ1) is 18.1. The molecule has 38 heavy (non-hydrogen) atoms. The van der Waals surface area contributed by atoms with Crippen molar-refractivity contribution in [2.24, 2.45) is 0 Å². The molecule has 0 spiro atoms. The zero-order chi connectivity index (χ0) is 27.9. The van der Waals surface area contributed by atoms with Crippen LogP contribution in [0.2, 0.25) is 0 Å². The first kappa shape index (κ1) is 29.8. The number of hydrogen-bond acceptors (Lipinski definition) is 4. The zero-order valence-corrected chi connectivity index (χ0v) is 24.3. The van der Waals surface area contributed by atoms with Crippen LogP contribution in [0.3, 0.4) is 0 Å². The summed E-state index contributed by atoms with van der Waals surface area (Å²) in [5, 5.41) is 2.92. The Morgan fingerprint density at radius 2 is 1.50 bits per heavy atom. The van der Waals surface area contributed by atoms with Gasteiger partial charge in [0.2, 0.25) is 21.8 Å². The maximum atomic E-state index is 13.6. The number of carbonyl (C=O) groups is 2. The van der Waals surface area contributed by atoms with Crippen LogP contribution < -0.4 is 5.32 Å². The van der Waals surface area contributed by atoms with Gasteiger partial charge >= 0.3 is 0 Å². The van der Waals surface area contributed by atoms with Gasteiger partial charge in [-0.3, -0.25) is 9.59 Å². The summed E-state index contributed by atoms with van der Waals surface area (Å²) in [5.74, 6) is 0.243. The zero-order valence-electron chi connectivity index (χ0n) is 23.4. The van der Waals surface area contributed by atoms with Crippen LogP contribution in [0.4, 0.5) is 0 Å². The molecular weight excluding hydrogens is 498 g/mol. The van der Waals surface area contributed by atoms with Crippen LogP contribution >= 0.6 is 0 Å². The van der Waals surface area contributed by atoms with Gasteiger partial charge in [0.1, 0.15) is 6.04 Å². The molecule has 208 valence electrons. The molecule has 3 rings (SSSR count). The average molecular weight is 542 g/mol. The lowest BCUT2D eigenvalue weighted by Crippen LogP contribution is -2.61. The highest BCUT2D eigenvalue weighted by atomic mass is 32.2. The van der Waals surface area contributed by atoms with Crippen LogP contribution in [0, 0.1) is 0 Å². The summed E-state index contributed by atoms with van der Waals surface area (Å²) in [7, 11) is -3.92. The Bertz CT molecular complexity index is 1170. The Labute approximate surface area is 228 Å². The fourth-order valence-corrected chi connectivity index (χ4v) is 6.67. The molecule has 0 aliphatic carbocycles. The van der Waals surface area contributed by atoms with E-state index in [4.69, 9.17) is 0 Å². The van der Waals surface area contributed by atoms with Crippen molar-refractivity contribution in [3.63, 3.8) is 0 Å². The fourth-order valence-electron chi connectivity index (χ4n) is 5.10. The number of rotatable bonds is 11. The molecule has 2 amide bonds. The van der Waals surface area contributed by atoms with Crippen LogP contribution in [-0.4, -0.2) is 55.1 Å². The van der Waals surface area contributed by atoms with Crippen molar-refractivity contribution in [3.05, 3.63) is 65.2 Å². The van der Waals surface area contributed by atoms with E-state index in [0.717, 1.165) is 36.8 Å². The molecule has 0 bridgehead atoms. The number of carbonyl (C=O) groups excluding carboxylic acids is 2. The van der Waals surface area contributed by atoms with E-state index >= 15 is 0 Å². The molecule has 1 aliphatic rings. The van der Waals surface area contributed by atoms with E-state index in [9.17, 15) is 18.0 Å². The lowest BCUT2D eigenvalue weighted by molar-refractivity contribution is -0.134. The molecule has 8 heteroatoms. The van der Waals surface area contributed by atoms with Crippen molar-refractivity contribution < 1.29 is 18.0 Å². The molecule has 1 heterocycles. The monoisotopic (exact) mass is 541 g/mol. The van der Waals surface area contributed by atoms with E-state index in [1.165, 1.54) is 21.7 Å². The number of nitrogens with one attached hydrogen (secondary N) is 1. The SMILES string of the molecule is CCCC(CCC)c1ccc(CNC(=O)C2CN(C(C)=O)CCN2S(=O)(=O)c2ccc(C(C)C)cc2)cc1. The Hall–Kier alpha value is -2.71. The van der Waals surface area contributed by atoms with E-state index < -0.39 is 22.0 Å². The van der Waals surface area contributed by atoms with E-state index in [2.05, 4.69) is 31.3 Å². The summed E-state index contributed by atoms with van der Waals surface area (Å²) in [5.41, 5.74) is 3.31. The summed E-state index contributed by atoms with van der Waals surface area (Å²) in [6.07, 6.45) is 4.59. The van der Waals surface area contributed by atoms with Gasteiger partial charge in [0.15, 0.2) is 0 Å². The molecule has 1 fully saturated rings. The smallest absolute Gasteiger partial charge is 0.243 e. The number of benzene rings is 2. The maximum absolute atomic E-state index is 13.6. The number of piperazine rings is 1. The van der Waals surface area contributed by atoms with Crippen molar-refractivity contribution in [1.29, 1.82) is 0 Å². The van der Waals surface area contributed by atoms with Crippen LogP contribution in [-0.2, 0) is 26.2 Å². The largest absolute Gasteiger partial charge is 0.351 e. The van der Waals surface area contributed by atoms with Gasteiger partial charge in [-0.05, 0) is 53.5 Å². The standard InChI is InChI=1S/C30H43N3O4S/c1-6-8-26(9-7-2)27-12-10-24(11-13-27)20-31-30(35)29-21-32(23(5)34)18-19-33(29)38(36,37)28-16-14-25(15-17-28)22(3)4/h10-17,22,26,29H,6-9,18-21H2,1-5H3,(H,31,35). The van der Waals surface area contributed by atoms with E-state index in [1.54, 1.807) is 12.1 Å². The molecular formula is C30H43N3O4S. The molecule has 0 radical (unpaired) electrons. The Morgan fingerprint density at radius 3 is 2.03 bits per heavy atom. The fraction of sp³-hybridized carbons (Fsp3) is 0.533. The minimum Gasteiger partial charge on any atom is -0.351 e. The summed E-state index contributed by atoms with van der Waals surface area (Å²) in [6.45, 7) is 10.6. The van der Waals surface area contributed by atoms with E-state index in [-0.39, 0.29) is 36.4 Å². The predicted molar refractivity (Wildman–Crippen MR) is 151 cm³/mol. The molecule has 0 aromatic heterocycles. The van der Waals surface area contributed by atoms with Crippen molar-refractivity contribution in [2.75, 3.05) is 19.6 Å². The second kappa shape index (κ2) is 13.4. The lowest BCUT2D eigenvalue weighted by Gasteiger charge is -2.39. The van der Waals surface area contributed by atoms with Gasteiger partial charge in [-0.2, -0.15) is 4.31 Å². The number of nitrogens with zero attached hydrogens (tertiary/aromatic N) is 2. The summed E-state index contributed by atoms with van der Waals surface area (Å²) in [6, 6.07) is 14.1. The second-order valence-corrected chi connectivity index (χ2v) is 12.4. The third-order valence-corrected chi connectivity index (χ3v) is 9.35. The predicted octanol–water partition coefficient (Wildman–Crippen LogP) is 5.03. The first-order valence-electron chi connectivity index (χ1n) is 13.8. The molecule has 7 nitrogen and oxygen atoms in total. The molecule has 1 unspecified atom stereocenters. The topological polar surface area (TPSA) is 86.8 Å². The number of hydrogen-bond donors (Lipinski definition) is 1. The van der Waals surface area contributed by atoms with Crippen LogP contribution in [0.1, 0.15) is 88.8 Å². The van der Waals surface area contributed by atoms with Crippen LogP contribution in [0.25, 0.3) is 0 Å². The highest BCUT2D eigenvalue weighted by molar-refractivity contribution is 7.89. The third-order valence-electron chi connectivity index (χ3n) is 7.42.